The molecule has 19 heavy (non-hydrogen) atoms. The highest BCUT2D eigenvalue weighted by Crippen LogP contribution is 2.23. The number of hydrogen-bond donors (Lipinski definition) is 1. The predicted molar refractivity (Wildman–Crippen MR) is 83.7 cm³/mol. The maximum Gasteiger partial charge on any atom is 0.0597 e. The van der Waals surface area contributed by atoms with Gasteiger partial charge in [-0.15, -0.1) is 0 Å². The number of hydrogen-bond acceptors (Lipinski definition) is 2. The minimum Gasteiger partial charge on any atom is -0.397 e. The van der Waals surface area contributed by atoms with Gasteiger partial charge >= 0.3 is 0 Å². The lowest BCUT2D eigenvalue weighted by Crippen LogP contribution is -2.21. The minimum absolute atomic E-state index is 0.854. The summed E-state index contributed by atoms with van der Waals surface area (Å²) in [7, 11) is 2.10. The molecule has 100 valence electrons. The Balaban J connectivity index is 2.05. The van der Waals surface area contributed by atoms with E-state index in [0.717, 1.165) is 24.3 Å². The molecule has 2 aromatic rings. The molecule has 0 radical (unpaired) electrons. The van der Waals surface area contributed by atoms with E-state index in [2.05, 4.69) is 62.2 Å². The molecule has 0 bridgehead atoms. The molecule has 2 aromatic carbocycles. The molecule has 0 fully saturated rings. The lowest BCUT2D eigenvalue weighted by Gasteiger charge is -2.21. The fraction of sp³-hybridized carbons (Fsp3) is 0.294. The van der Waals surface area contributed by atoms with E-state index in [1.165, 1.54) is 16.7 Å². The first kappa shape index (κ1) is 13.5. The van der Waals surface area contributed by atoms with E-state index < -0.39 is 0 Å². The van der Waals surface area contributed by atoms with Crippen molar-refractivity contribution in [3.8, 4) is 0 Å². The van der Waals surface area contributed by atoms with Crippen LogP contribution < -0.4 is 10.6 Å². The van der Waals surface area contributed by atoms with Crippen molar-refractivity contribution in [1.82, 2.24) is 0 Å². The van der Waals surface area contributed by atoms with Crippen LogP contribution in [0.15, 0.2) is 42.5 Å². The number of nitrogen functional groups attached to an aromatic ring is 1. The van der Waals surface area contributed by atoms with Gasteiger partial charge in [-0.2, -0.15) is 0 Å². The number of nitrogens with two attached hydrogens (primary N) is 1. The maximum absolute atomic E-state index is 6.08. The topological polar surface area (TPSA) is 29.3 Å². The molecule has 0 amide bonds. The van der Waals surface area contributed by atoms with Gasteiger partial charge in [-0.25, -0.2) is 0 Å². The Kier molecular flexibility index (Phi) is 4.10. The van der Waals surface area contributed by atoms with Gasteiger partial charge in [-0.1, -0.05) is 30.3 Å². The van der Waals surface area contributed by atoms with Crippen molar-refractivity contribution in [2.45, 2.75) is 20.3 Å². The van der Waals surface area contributed by atoms with Crippen LogP contribution in [0.5, 0.6) is 0 Å². The lowest BCUT2D eigenvalue weighted by atomic mass is 10.1. The molecule has 0 saturated carbocycles. The van der Waals surface area contributed by atoms with Crippen LogP contribution in [0.3, 0.4) is 0 Å². The second-order valence-corrected chi connectivity index (χ2v) is 5.16. The molecular formula is C17H22N2. The van der Waals surface area contributed by atoms with Crippen molar-refractivity contribution in [1.29, 1.82) is 0 Å². The van der Waals surface area contributed by atoms with E-state index in [4.69, 9.17) is 5.73 Å². The van der Waals surface area contributed by atoms with Crippen LogP contribution in [-0.4, -0.2) is 13.6 Å². The van der Waals surface area contributed by atoms with Gasteiger partial charge in [0, 0.05) is 13.6 Å². The largest absolute Gasteiger partial charge is 0.397 e. The molecule has 2 rings (SSSR count). The summed E-state index contributed by atoms with van der Waals surface area (Å²) in [6.07, 6.45) is 1.04. The van der Waals surface area contributed by atoms with Gasteiger partial charge in [0.15, 0.2) is 0 Å². The highest BCUT2D eigenvalue weighted by atomic mass is 15.1. The fourth-order valence-electron chi connectivity index (χ4n) is 2.32. The number of benzene rings is 2. The van der Waals surface area contributed by atoms with Crippen LogP contribution in [0.25, 0.3) is 0 Å². The van der Waals surface area contributed by atoms with Crippen molar-refractivity contribution < 1.29 is 0 Å². The molecule has 0 saturated heterocycles. The Morgan fingerprint density at radius 3 is 2.47 bits per heavy atom. The summed E-state index contributed by atoms with van der Waals surface area (Å²) in [6, 6.07) is 14.8. The normalized spacial score (nSPS) is 10.5. The molecule has 0 spiro atoms. The van der Waals surface area contributed by atoms with Gasteiger partial charge < -0.3 is 10.6 Å². The Morgan fingerprint density at radius 2 is 1.79 bits per heavy atom. The second kappa shape index (κ2) is 5.79. The Hall–Kier alpha value is -1.96. The van der Waals surface area contributed by atoms with Crippen LogP contribution in [-0.2, 0) is 6.42 Å². The molecule has 0 unspecified atom stereocenters. The van der Waals surface area contributed by atoms with Gasteiger partial charge in [-0.3, -0.25) is 0 Å². The van der Waals surface area contributed by atoms with Crippen LogP contribution in [0.1, 0.15) is 16.7 Å². The summed E-state index contributed by atoms with van der Waals surface area (Å²) in [4.78, 5) is 2.22. The zero-order chi connectivity index (χ0) is 13.8. The first-order valence-corrected chi connectivity index (χ1v) is 6.69. The Bertz CT molecular complexity index is 561. The summed E-state index contributed by atoms with van der Waals surface area (Å²) in [5, 5.41) is 0. The third-order valence-electron chi connectivity index (χ3n) is 3.57. The molecule has 0 aliphatic heterocycles. The first-order chi connectivity index (χ1) is 9.08. The van der Waals surface area contributed by atoms with Crippen LogP contribution >= 0.6 is 0 Å². The quantitative estimate of drug-likeness (QED) is 0.845. The summed E-state index contributed by atoms with van der Waals surface area (Å²) in [5.41, 5.74) is 12.0. The van der Waals surface area contributed by atoms with Crippen molar-refractivity contribution >= 4 is 11.4 Å². The molecule has 2 heteroatoms. The van der Waals surface area contributed by atoms with Crippen LogP contribution in [0.2, 0.25) is 0 Å². The molecule has 2 N–H and O–H groups in total. The van der Waals surface area contributed by atoms with E-state index in [1.807, 2.05) is 6.07 Å². The lowest BCUT2D eigenvalue weighted by molar-refractivity contribution is 0.872. The fourth-order valence-corrected chi connectivity index (χ4v) is 2.32. The van der Waals surface area contributed by atoms with Crippen LogP contribution in [0, 0.1) is 13.8 Å². The number of rotatable bonds is 4. The van der Waals surface area contributed by atoms with Gasteiger partial charge in [0.2, 0.25) is 0 Å². The van der Waals surface area contributed by atoms with Crippen molar-refractivity contribution in [2.24, 2.45) is 0 Å². The zero-order valence-electron chi connectivity index (χ0n) is 12.0. The monoisotopic (exact) mass is 254 g/mol. The molecule has 0 aliphatic rings. The smallest absolute Gasteiger partial charge is 0.0597 e. The molecular weight excluding hydrogens is 232 g/mol. The Morgan fingerprint density at radius 1 is 1.05 bits per heavy atom. The first-order valence-electron chi connectivity index (χ1n) is 6.69. The molecule has 0 aliphatic carbocycles. The average molecular weight is 254 g/mol. The second-order valence-electron chi connectivity index (χ2n) is 5.16. The third-order valence-corrected chi connectivity index (χ3v) is 3.57. The molecule has 0 heterocycles. The summed E-state index contributed by atoms with van der Waals surface area (Å²) >= 11 is 0. The SMILES string of the molecule is Cc1ccc(N(C)CCc2ccccc2C)c(N)c1. The van der Waals surface area contributed by atoms with Gasteiger partial charge in [0.1, 0.15) is 0 Å². The van der Waals surface area contributed by atoms with Gasteiger partial charge in [0.25, 0.3) is 0 Å². The predicted octanol–water partition coefficient (Wildman–Crippen LogP) is 3.56. The highest BCUT2D eigenvalue weighted by Gasteiger charge is 2.06. The molecule has 0 atom stereocenters. The van der Waals surface area contributed by atoms with E-state index in [9.17, 15) is 0 Å². The zero-order valence-corrected chi connectivity index (χ0v) is 12.0. The van der Waals surface area contributed by atoms with Crippen molar-refractivity contribution in [2.75, 3.05) is 24.2 Å². The number of likely N-dealkylation sites (N-methyl/N-ethyl adjacent to an activating group) is 1. The van der Waals surface area contributed by atoms with Gasteiger partial charge in [-0.05, 0) is 49.1 Å². The van der Waals surface area contributed by atoms with Crippen LogP contribution in [0.4, 0.5) is 11.4 Å². The molecule has 2 nitrogen and oxygen atoms in total. The minimum atomic E-state index is 0.854. The summed E-state index contributed by atoms with van der Waals surface area (Å²) < 4.78 is 0. The van der Waals surface area contributed by atoms with Gasteiger partial charge in [0.05, 0.1) is 11.4 Å². The maximum atomic E-state index is 6.08. The number of aryl methyl sites for hydroxylation is 2. The molecule has 0 aromatic heterocycles. The highest BCUT2D eigenvalue weighted by molar-refractivity contribution is 5.68. The number of nitrogens with zero attached hydrogens (tertiary/aromatic N) is 1. The number of anilines is 2. The van der Waals surface area contributed by atoms with E-state index in [1.54, 1.807) is 0 Å². The van der Waals surface area contributed by atoms with E-state index in [-0.39, 0.29) is 0 Å². The Labute approximate surface area is 115 Å². The van der Waals surface area contributed by atoms with E-state index in [0.29, 0.717) is 0 Å². The van der Waals surface area contributed by atoms with E-state index >= 15 is 0 Å². The third kappa shape index (κ3) is 3.28. The van der Waals surface area contributed by atoms with Crippen molar-refractivity contribution in [3.05, 3.63) is 59.2 Å². The van der Waals surface area contributed by atoms with Crippen molar-refractivity contribution in [3.63, 3.8) is 0 Å². The summed E-state index contributed by atoms with van der Waals surface area (Å²) in [6.45, 7) is 5.20. The summed E-state index contributed by atoms with van der Waals surface area (Å²) in [5.74, 6) is 0. The standard InChI is InChI=1S/C17H22N2/c1-13-8-9-17(16(18)12-13)19(3)11-10-15-7-5-4-6-14(15)2/h4-9,12H,10-11,18H2,1-3H3. The average Bonchev–Trinajstić information content (AvgIpc) is 2.37.